The van der Waals surface area contributed by atoms with Gasteiger partial charge in [-0.15, -0.1) is 5.10 Å². The molecule has 0 bridgehead atoms. The number of rotatable bonds is 16. The van der Waals surface area contributed by atoms with Crippen LogP contribution in [-0.4, -0.2) is 113 Å². The average Bonchev–Trinajstić information content (AvgIpc) is 3.43. The number of morpholine rings is 1. The quantitative estimate of drug-likeness (QED) is 0.248. The smallest absolute Gasteiger partial charge is 0.331 e. The van der Waals surface area contributed by atoms with Gasteiger partial charge in [-0.3, -0.25) is 9.25 Å². The zero-order chi connectivity index (χ0) is 28.2. The van der Waals surface area contributed by atoms with Gasteiger partial charge in [0.15, 0.2) is 0 Å². The Hall–Kier alpha value is -2.35. The number of aliphatic hydroxyl groups excluding tert-OH is 1. The number of aryl methyl sites for hydroxylation is 1. The maximum absolute atomic E-state index is 12.8. The Morgan fingerprint density at radius 1 is 1.10 bits per heavy atom. The molecule has 15 heteroatoms. The molecule has 0 saturated carbocycles. The molecule has 2 aliphatic rings. The van der Waals surface area contributed by atoms with Gasteiger partial charge in [0.2, 0.25) is 5.95 Å². The van der Waals surface area contributed by atoms with E-state index in [4.69, 9.17) is 28.9 Å². The van der Waals surface area contributed by atoms with Crippen LogP contribution in [0.2, 0.25) is 0 Å². The number of anilines is 3. The monoisotopic (exact) mass is 581 g/mol. The van der Waals surface area contributed by atoms with E-state index in [2.05, 4.69) is 30.7 Å². The summed E-state index contributed by atoms with van der Waals surface area (Å²) in [6, 6.07) is 2.28. The van der Waals surface area contributed by atoms with E-state index in [1.807, 2.05) is 26.1 Å². The van der Waals surface area contributed by atoms with E-state index in [0.29, 0.717) is 64.6 Å². The normalized spacial score (nSPS) is 17.3. The van der Waals surface area contributed by atoms with Gasteiger partial charge < -0.3 is 39.3 Å². The lowest BCUT2D eigenvalue weighted by Crippen LogP contribution is -2.40. The molecule has 3 N–H and O–H groups in total. The lowest BCUT2D eigenvalue weighted by molar-refractivity contribution is 0.122. The third kappa shape index (κ3) is 9.35. The van der Waals surface area contributed by atoms with Crippen LogP contribution >= 0.6 is 7.60 Å². The molecule has 2 aromatic heterocycles. The molecule has 0 spiro atoms. The summed E-state index contributed by atoms with van der Waals surface area (Å²) in [5.41, 5.74) is 0.776. The van der Waals surface area contributed by atoms with Crippen LogP contribution in [0.4, 0.5) is 17.6 Å². The number of aromatic nitrogens is 5. The molecular weight excluding hydrogens is 537 g/mol. The Morgan fingerprint density at radius 2 is 1.85 bits per heavy atom. The van der Waals surface area contributed by atoms with Gasteiger partial charge in [-0.25, -0.2) is 0 Å². The van der Waals surface area contributed by atoms with E-state index in [-0.39, 0.29) is 12.6 Å². The Bertz CT molecular complexity index is 1070. The molecule has 0 unspecified atom stereocenters. The van der Waals surface area contributed by atoms with Crippen LogP contribution in [0.1, 0.15) is 38.8 Å². The molecule has 0 atom stereocenters. The molecule has 2 saturated heterocycles. The number of hydrogen-bond donors (Lipinski definition) is 3. The van der Waals surface area contributed by atoms with E-state index in [9.17, 15) is 4.57 Å². The summed E-state index contributed by atoms with van der Waals surface area (Å²) in [5.74, 6) is 2.16. The van der Waals surface area contributed by atoms with E-state index in [1.165, 1.54) is 0 Å². The van der Waals surface area contributed by atoms with Crippen molar-refractivity contribution in [1.82, 2.24) is 29.9 Å². The molecular formula is C25H44N9O5P. The fraction of sp³-hybridized carbons (Fsp3) is 0.760. The zero-order valence-electron chi connectivity index (χ0n) is 23.7. The first kappa shape index (κ1) is 30.6. The van der Waals surface area contributed by atoms with Crippen LogP contribution in [0, 0.1) is 0 Å². The summed E-state index contributed by atoms with van der Waals surface area (Å²) in [5, 5.41) is 24.3. The third-order valence-corrected chi connectivity index (χ3v) is 8.94. The van der Waals surface area contributed by atoms with E-state index in [0.717, 1.165) is 56.4 Å². The van der Waals surface area contributed by atoms with Gasteiger partial charge in [0, 0.05) is 58.0 Å². The Balaban J connectivity index is 1.35. The SMILES string of the molecule is CCOP(=O)(CCN1CCC(Nc2cc(N3CCOCC3)nc(NCc3cn(CCCO)nn3)n2)CC1)OCC. The second kappa shape index (κ2) is 15.6. The summed E-state index contributed by atoms with van der Waals surface area (Å²) < 4.78 is 31.0. The molecule has 14 nitrogen and oxygen atoms in total. The fourth-order valence-corrected chi connectivity index (χ4v) is 6.45. The van der Waals surface area contributed by atoms with Crippen LogP contribution < -0.4 is 15.5 Å². The van der Waals surface area contributed by atoms with Crippen LogP contribution in [0.5, 0.6) is 0 Å². The molecule has 0 radical (unpaired) electrons. The van der Waals surface area contributed by atoms with Crippen LogP contribution in [0.15, 0.2) is 12.3 Å². The number of likely N-dealkylation sites (tertiary alicyclic amines) is 1. The molecule has 0 aliphatic carbocycles. The van der Waals surface area contributed by atoms with Gasteiger partial charge in [-0.1, -0.05) is 5.21 Å². The Morgan fingerprint density at radius 3 is 2.55 bits per heavy atom. The summed E-state index contributed by atoms with van der Waals surface area (Å²) >= 11 is 0. The molecule has 4 heterocycles. The van der Waals surface area contributed by atoms with Crippen LogP contribution in [0.3, 0.4) is 0 Å². The van der Waals surface area contributed by atoms with E-state index < -0.39 is 7.60 Å². The first-order valence-corrected chi connectivity index (χ1v) is 16.1. The maximum Gasteiger partial charge on any atom is 0.331 e. The predicted octanol–water partition coefficient (Wildman–Crippen LogP) is 2.04. The molecule has 224 valence electrons. The number of piperidine rings is 1. The summed E-state index contributed by atoms with van der Waals surface area (Å²) in [4.78, 5) is 14.1. The number of hydrogen-bond acceptors (Lipinski definition) is 13. The Labute approximate surface area is 236 Å². The molecule has 2 aromatic rings. The number of nitrogens with zero attached hydrogens (tertiary/aromatic N) is 7. The first-order chi connectivity index (χ1) is 19.5. The second-order valence-corrected chi connectivity index (χ2v) is 12.1. The largest absolute Gasteiger partial charge is 0.396 e. The van der Waals surface area contributed by atoms with Crippen molar-refractivity contribution < 1.29 is 23.5 Å². The molecule has 0 amide bonds. The van der Waals surface area contributed by atoms with E-state index >= 15 is 0 Å². The number of ether oxygens (including phenoxy) is 1. The molecule has 40 heavy (non-hydrogen) atoms. The molecule has 0 aromatic carbocycles. The maximum atomic E-state index is 12.8. The molecule has 2 fully saturated rings. The lowest BCUT2D eigenvalue weighted by Gasteiger charge is -2.33. The van der Waals surface area contributed by atoms with E-state index in [1.54, 1.807) is 4.68 Å². The van der Waals surface area contributed by atoms with Gasteiger partial charge in [0.25, 0.3) is 0 Å². The summed E-state index contributed by atoms with van der Waals surface area (Å²) in [7, 11) is -3.03. The van der Waals surface area contributed by atoms with Crippen molar-refractivity contribution in [3.05, 3.63) is 18.0 Å². The predicted molar refractivity (Wildman–Crippen MR) is 153 cm³/mol. The fourth-order valence-electron chi connectivity index (χ4n) is 4.81. The van der Waals surface area contributed by atoms with Crippen molar-refractivity contribution >= 4 is 25.2 Å². The minimum absolute atomic E-state index is 0.119. The minimum atomic E-state index is -3.03. The highest BCUT2D eigenvalue weighted by Crippen LogP contribution is 2.47. The van der Waals surface area contributed by atoms with Crippen molar-refractivity contribution in [3.63, 3.8) is 0 Å². The Kier molecular flexibility index (Phi) is 11.9. The summed E-state index contributed by atoms with van der Waals surface area (Å²) in [6.07, 6.45) is 4.81. The summed E-state index contributed by atoms with van der Waals surface area (Å²) in [6.45, 7) is 11.0. The van der Waals surface area contributed by atoms with Crippen molar-refractivity contribution in [1.29, 1.82) is 0 Å². The molecule has 4 rings (SSSR count). The lowest BCUT2D eigenvalue weighted by atomic mass is 10.1. The molecule has 2 aliphatic heterocycles. The zero-order valence-corrected chi connectivity index (χ0v) is 24.6. The van der Waals surface area contributed by atoms with Gasteiger partial charge in [0.1, 0.15) is 17.3 Å². The van der Waals surface area contributed by atoms with Crippen LogP contribution in [-0.2, 0) is 31.4 Å². The van der Waals surface area contributed by atoms with Crippen molar-refractivity contribution in [3.8, 4) is 0 Å². The van der Waals surface area contributed by atoms with Gasteiger partial charge in [-0.2, -0.15) is 9.97 Å². The highest BCUT2D eigenvalue weighted by molar-refractivity contribution is 7.53. The number of nitrogens with one attached hydrogen (secondary N) is 2. The second-order valence-electron chi connectivity index (χ2n) is 9.87. The van der Waals surface area contributed by atoms with Gasteiger partial charge >= 0.3 is 7.60 Å². The van der Waals surface area contributed by atoms with Crippen LogP contribution in [0.25, 0.3) is 0 Å². The van der Waals surface area contributed by atoms with Gasteiger partial charge in [-0.05, 0) is 33.1 Å². The average molecular weight is 582 g/mol. The standard InChI is InChI=1S/C25H44N9O5P/c1-3-38-40(36,39-4-2)17-13-32-9-6-21(7-10-32)27-23-18-24(33-11-15-37-16-12-33)29-25(28-23)26-19-22-20-34(31-30-22)8-5-14-35/h18,20-21,35H,3-17,19H2,1-2H3,(H2,26,27,28,29). The third-order valence-electron chi connectivity index (χ3n) is 6.89. The van der Waals surface area contributed by atoms with Crippen molar-refractivity contribution in [2.45, 2.75) is 52.2 Å². The highest BCUT2D eigenvalue weighted by atomic mass is 31.2. The van der Waals surface area contributed by atoms with Crippen molar-refractivity contribution in [2.24, 2.45) is 0 Å². The van der Waals surface area contributed by atoms with Gasteiger partial charge in [0.05, 0.1) is 45.3 Å². The highest BCUT2D eigenvalue weighted by Gasteiger charge is 2.27. The van der Waals surface area contributed by atoms with Crippen molar-refractivity contribution in [2.75, 3.05) is 87.5 Å². The first-order valence-electron chi connectivity index (χ1n) is 14.3. The number of aliphatic hydroxyl groups is 1. The minimum Gasteiger partial charge on any atom is -0.396 e. The topological polar surface area (TPSA) is 152 Å².